The standard InChI is InChI=1S/C28H45N11O10/c29-16(11-14-5-7-15(41)8-6-14)22(44)36-17(3-1-9-34-27(30)31)23(45)38-19(12-21(42)43)24(46)39-20(13-40)25(47)37-18(26(48)49)4-2-10-35-28(32)33/h5-8,16-20,40-41H,1-4,9-13,29H2,(H,36,44)(H,37,47)(H,38,45)(H,39,46)(H,42,43)(H,48,49)(H4,30,31,34)(H4,32,33,35)/t16-,17-,18-,19-,20-/m0/s1. The number of aliphatic carboxylic acids is 2. The van der Waals surface area contributed by atoms with Gasteiger partial charge < -0.3 is 70.4 Å². The molecule has 0 aromatic heterocycles. The Labute approximate surface area is 280 Å². The quantitative estimate of drug-likeness (QED) is 0.0306. The number of carboxylic acids is 2. The second-order valence-electron chi connectivity index (χ2n) is 10.7. The van der Waals surface area contributed by atoms with Crippen LogP contribution in [0.2, 0.25) is 0 Å². The van der Waals surface area contributed by atoms with Crippen molar-refractivity contribution in [2.24, 2.45) is 38.7 Å². The van der Waals surface area contributed by atoms with Gasteiger partial charge in [-0.15, -0.1) is 0 Å². The molecule has 5 atom stereocenters. The van der Waals surface area contributed by atoms with Gasteiger partial charge in [-0.05, 0) is 49.8 Å². The first-order valence-electron chi connectivity index (χ1n) is 14.9. The number of rotatable bonds is 22. The highest BCUT2D eigenvalue weighted by molar-refractivity contribution is 5.96. The second kappa shape index (κ2) is 21.2. The lowest BCUT2D eigenvalue weighted by molar-refractivity contribution is -0.143. The molecule has 272 valence electrons. The van der Waals surface area contributed by atoms with Gasteiger partial charge in [0.05, 0.1) is 19.1 Å². The van der Waals surface area contributed by atoms with E-state index in [2.05, 4.69) is 31.3 Å². The maximum Gasteiger partial charge on any atom is 0.326 e. The molecule has 1 aromatic rings. The Morgan fingerprint density at radius 3 is 1.61 bits per heavy atom. The number of aliphatic hydroxyl groups excluding tert-OH is 1. The number of aliphatic imine (C=N–C) groups is 2. The number of aliphatic hydroxyl groups is 1. The van der Waals surface area contributed by atoms with Crippen molar-refractivity contribution >= 4 is 47.5 Å². The Hall–Kier alpha value is -5.70. The number of hydrogen-bond acceptors (Lipinski definition) is 11. The van der Waals surface area contributed by atoms with Crippen LogP contribution >= 0.6 is 0 Å². The zero-order valence-corrected chi connectivity index (χ0v) is 26.6. The zero-order valence-electron chi connectivity index (χ0n) is 26.6. The van der Waals surface area contributed by atoms with Crippen molar-refractivity contribution in [1.82, 2.24) is 21.3 Å². The number of nitrogens with one attached hydrogen (secondary N) is 4. The van der Waals surface area contributed by atoms with Crippen molar-refractivity contribution < 1.29 is 49.2 Å². The Morgan fingerprint density at radius 1 is 0.673 bits per heavy atom. The van der Waals surface area contributed by atoms with E-state index in [1.807, 2.05) is 0 Å². The van der Waals surface area contributed by atoms with Gasteiger partial charge in [0, 0.05) is 13.1 Å². The van der Waals surface area contributed by atoms with Crippen molar-refractivity contribution in [2.75, 3.05) is 19.7 Å². The minimum absolute atomic E-state index is 0.00521. The fraction of sp³-hybridized carbons (Fsp3) is 0.500. The van der Waals surface area contributed by atoms with Crippen LogP contribution in [0.4, 0.5) is 0 Å². The summed E-state index contributed by atoms with van der Waals surface area (Å²) in [4.78, 5) is 82.8. The molecular formula is C28H45N11O10. The number of hydrogen-bond donors (Lipinski definition) is 13. The van der Waals surface area contributed by atoms with Gasteiger partial charge in [-0.3, -0.25) is 34.0 Å². The number of phenolic OH excluding ortho intramolecular Hbond substituents is 1. The van der Waals surface area contributed by atoms with Crippen LogP contribution < -0.4 is 49.9 Å². The number of amides is 4. The molecule has 0 heterocycles. The normalized spacial score (nSPS) is 13.7. The lowest BCUT2D eigenvalue weighted by Gasteiger charge is -2.25. The molecule has 49 heavy (non-hydrogen) atoms. The number of carboxylic acid groups (broad SMARTS) is 2. The third kappa shape index (κ3) is 16.6. The highest BCUT2D eigenvalue weighted by atomic mass is 16.4. The van der Waals surface area contributed by atoms with Gasteiger partial charge in [0.2, 0.25) is 23.6 Å². The number of benzene rings is 1. The Balaban J connectivity index is 3.07. The lowest BCUT2D eigenvalue weighted by Crippen LogP contribution is -2.59. The maximum absolute atomic E-state index is 13.3. The molecule has 18 N–H and O–H groups in total. The van der Waals surface area contributed by atoms with E-state index in [4.69, 9.17) is 28.7 Å². The van der Waals surface area contributed by atoms with Gasteiger partial charge in [-0.1, -0.05) is 12.1 Å². The first-order valence-corrected chi connectivity index (χ1v) is 14.9. The minimum atomic E-state index is -1.82. The summed E-state index contributed by atoms with van der Waals surface area (Å²) in [5.74, 6) is -7.46. The largest absolute Gasteiger partial charge is 0.508 e. The summed E-state index contributed by atoms with van der Waals surface area (Å²) in [6.07, 6.45) is -0.831. The van der Waals surface area contributed by atoms with E-state index >= 15 is 0 Å². The summed E-state index contributed by atoms with van der Waals surface area (Å²) in [7, 11) is 0. The zero-order chi connectivity index (χ0) is 37.1. The third-order valence-corrected chi connectivity index (χ3v) is 6.69. The summed E-state index contributed by atoms with van der Waals surface area (Å²) >= 11 is 0. The molecule has 0 bridgehead atoms. The van der Waals surface area contributed by atoms with Crippen molar-refractivity contribution in [3.8, 4) is 5.75 Å². The van der Waals surface area contributed by atoms with Crippen molar-refractivity contribution in [3.05, 3.63) is 29.8 Å². The number of carbonyl (C=O) groups is 6. The van der Waals surface area contributed by atoms with Crippen molar-refractivity contribution in [1.29, 1.82) is 0 Å². The SMILES string of the molecule is NC(N)=NCCC[C@H](NC(=O)[C@H](CO)NC(=O)[C@H](CC(=O)O)NC(=O)[C@H](CCCN=C(N)N)NC(=O)[C@@H](N)Cc1ccc(O)cc1)C(=O)O. The molecule has 0 saturated carbocycles. The first-order chi connectivity index (χ1) is 23.0. The van der Waals surface area contributed by atoms with Gasteiger partial charge in [0.1, 0.15) is 29.9 Å². The number of nitrogens with zero attached hydrogens (tertiary/aromatic N) is 2. The van der Waals surface area contributed by atoms with Crippen LogP contribution in [-0.4, -0.2) is 118 Å². The number of guanidine groups is 2. The number of aromatic hydroxyl groups is 1. The molecular weight excluding hydrogens is 650 g/mol. The van der Waals surface area contributed by atoms with Crippen LogP contribution in [0, 0.1) is 0 Å². The Morgan fingerprint density at radius 2 is 1.12 bits per heavy atom. The molecule has 1 aromatic carbocycles. The fourth-order valence-electron chi connectivity index (χ4n) is 4.19. The van der Waals surface area contributed by atoms with Crippen LogP contribution in [0.1, 0.15) is 37.7 Å². The number of nitrogens with two attached hydrogens (primary N) is 5. The van der Waals surface area contributed by atoms with E-state index in [1.54, 1.807) is 12.1 Å². The minimum Gasteiger partial charge on any atom is -0.508 e. The molecule has 21 heteroatoms. The average molecular weight is 696 g/mol. The van der Waals surface area contributed by atoms with E-state index < -0.39 is 78.8 Å². The number of carbonyl (C=O) groups excluding carboxylic acids is 4. The van der Waals surface area contributed by atoms with E-state index in [0.717, 1.165) is 0 Å². The van der Waals surface area contributed by atoms with E-state index in [-0.39, 0.29) is 62.9 Å². The predicted molar refractivity (Wildman–Crippen MR) is 174 cm³/mol. The maximum atomic E-state index is 13.3. The highest BCUT2D eigenvalue weighted by Gasteiger charge is 2.32. The molecule has 0 radical (unpaired) electrons. The molecule has 1 rings (SSSR count). The first kappa shape index (κ1) is 41.3. The van der Waals surface area contributed by atoms with Crippen molar-refractivity contribution in [2.45, 2.75) is 68.7 Å². The summed E-state index contributed by atoms with van der Waals surface area (Å²) < 4.78 is 0. The summed E-state index contributed by atoms with van der Waals surface area (Å²) in [6.45, 7) is -0.896. The number of phenols is 1. The molecule has 0 fully saturated rings. The average Bonchev–Trinajstić information content (AvgIpc) is 3.02. The van der Waals surface area contributed by atoms with Crippen LogP contribution in [0.3, 0.4) is 0 Å². The van der Waals surface area contributed by atoms with Gasteiger partial charge in [-0.25, -0.2) is 4.79 Å². The molecule has 4 amide bonds. The molecule has 0 unspecified atom stereocenters. The summed E-state index contributed by atoms with van der Waals surface area (Å²) in [5.41, 5.74) is 27.7. The van der Waals surface area contributed by atoms with Gasteiger partial charge in [0.25, 0.3) is 0 Å². The van der Waals surface area contributed by atoms with Gasteiger partial charge in [0.15, 0.2) is 11.9 Å². The summed E-state index contributed by atoms with van der Waals surface area (Å²) in [5, 5.41) is 47.1. The van der Waals surface area contributed by atoms with Gasteiger partial charge in [-0.2, -0.15) is 0 Å². The second-order valence-corrected chi connectivity index (χ2v) is 10.7. The third-order valence-electron chi connectivity index (χ3n) is 6.69. The van der Waals surface area contributed by atoms with Crippen molar-refractivity contribution in [3.63, 3.8) is 0 Å². The van der Waals surface area contributed by atoms with Crippen LogP contribution in [-0.2, 0) is 35.2 Å². The van der Waals surface area contributed by atoms with Gasteiger partial charge >= 0.3 is 11.9 Å². The lowest BCUT2D eigenvalue weighted by atomic mass is 10.0. The monoisotopic (exact) mass is 695 g/mol. The topological polar surface area (TPSA) is 386 Å². The molecule has 0 aliphatic carbocycles. The van der Waals surface area contributed by atoms with Crippen LogP contribution in [0.5, 0.6) is 5.75 Å². The predicted octanol–water partition coefficient (Wildman–Crippen LogP) is -5.14. The van der Waals surface area contributed by atoms with E-state index in [0.29, 0.717) is 5.56 Å². The molecule has 0 aliphatic rings. The molecule has 0 aliphatic heterocycles. The van der Waals surface area contributed by atoms with Crippen LogP contribution in [0.15, 0.2) is 34.3 Å². The van der Waals surface area contributed by atoms with Crippen LogP contribution in [0.25, 0.3) is 0 Å². The summed E-state index contributed by atoms with van der Waals surface area (Å²) in [6, 6.07) is -1.62. The molecule has 0 spiro atoms. The Kier molecular flexibility index (Phi) is 17.9. The fourth-order valence-corrected chi connectivity index (χ4v) is 4.19. The molecule has 21 nitrogen and oxygen atoms in total. The smallest absolute Gasteiger partial charge is 0.326 e. The molecule has 0 saturated heterocycles. The van der Waals surface area contributed by atoms with E-state index in [9.17, 15) is 49.2 Å². The Bertz CT molecular complexity index is 1350. The highest BCUT2D eigenvalue weighted by Crippen LogP contribution is 2.11. The van der Waals surface area contributed by atoms with E-state index in [1.165, 1.54) is 12.1 Å².